The van der Waals surface area contributed by atoms with Crippen LogP contribution in [0, 0.1) is 12.8 Å². The Balaban J connectivity index is 1.85. The summed E-state index contributed by atoms with van der Waals surface area (Å²) in [4.78, 5) is 17.2. The van der Waals surface area contributed by atoms with E-state index in [1.165, 1.54) is 6.42 Å². The number of halogens is 1. The lowest BCUT2D eigenvalue weighted by Crippen LogP contribution is -2.47. The van der Waals surface area contributed by atoms with E-state index < -0.39 is 0 Å². The topological polar surface area (TPSA) is 23.6 Å². The van der Waals surface area contributed by atoms with Gasteiger partial charge in [-0.3, -0.25) is 4.79 Å². The van der Waals surface area contributed by atoms with Gasteiger partial charge < -0.3 is 9.80 Å². The van der Waals surface area contributed by atoms with E-state index in [1.54, 1.807) is 0 Å². The second kappa shape index (κ2) is 5.38. The number of aryl methyl sites for hydroxylation is 1. The van der Waals surface area contributed by atoms with Crippen LogP contribution in [0.15, 0.2) is 18.2 Å². The Morgan fingerprint density at radius 2 is 2.05 bits per heavy atom. The van der Waals surface area contributed by atoms with Crippen LogP contribution in [-0.4, -0.2) is 48.4 Å². The first kappa shape index (κ1) is 13.9. The molecule has 0 spiro atoms. The number of nitrogens with zero attached hydrogens (tertiary/aromatic N) is 2. The molecular formula is C16H21ClN2O. The van der Waals surface area contributed by atoms with Gasteiger partial charge in [-0.15, -0.1) is 0 Å². The molecule has 1 aromatic carbocycles. The minimum Gasteiger partial charge on any atom is -0.334 e. The molecule has 4 heteroatoms. The van der Waals surface area contributed by atoms with E-state index in [0.717, 1.165) is 42.2 Å². The van der Waals surface area contributed by atoms with Gasteiger partial charge in [-0.05, 0) is 56.5 Å². The third-order valence-electron chi connectivity index (χ3n) is 4.56. The zero-order valence-electron chi connectivity index (χ0n) is 12.1. The summed E-state index contributed by atoms with van der Waals surface area (Å²) >= 11 is 6.05. The van der Waals surface area contributed by atoms with Crippen molar-refractivity contribution in [3.63, 3.8) is 0 Å². The monoisotopic (exact) mass is 292 g/mol. The van der Waals surface area contributed by atoms with Gasteiger partial charge in [0, 0.05) is 36.3 Å². The lowest BCUT2D eigenvalue weighted by molar-refractivity contribution is 0.0587. The molecule has 4 rings (SSSR count). The number of hydrogen-bond donors (Lipinski definition) is 0. The summed E-state index contributed by atoms with van der Waals surface area (Å²) in [5.41, 5.74) is 1.73. The van der Waals surface area contributed by atoms with Crippen molar-refractivity contribution in [1.82, 2.24) is 9.80 Å². The Morgan fingerprint density at radius 3 is 2.80 bits per heavy atom. The largest absolute Gasteiger partial charge is 0.334 e. The number of rotatable bonds is 1. The van der Waals surface area contributed by atoms with E-state index in [2.05, 4.69) is 16.8 Å². The number of hydrogen-bond acceptors (Lipinski definition) is 2. The van der Waals surface area contributed by atoms with Gasteiger partial charge in [0.2, 0.25) is 0 Å². The van der Waals surface area contributed by atoms with Crippen LogP contribution in [0.3, 0.4) is 0 Å². The molecule has 2 bridgehead atoms. The molecule has 0 radical (unpaired) electrons. The van der Waals surface area contributed by atoms with E-state index in [9.17, 15) is 4.79 Å². The molecule has 0 unspecified atom stereocenters. The van der Waals surface area contributed by atoms with Crippen molar-refractivity contribution in [3.8, 4) is 0 Å². The molecule has 1 amide bonds. The Morgan fingerprint density at radius 1 is 1.25 bits per heavy atom. The van der Waals surface area contributed by atoms with E-state index >= 15 is 0 Å². The molecular weight excluding hydrogens is 272 g/mol. The summed E-state index contributed by atoms with van der Waals surface area (Å²) < 4.78 is 0. The highest BCUT2D eigenvalue weighted by Crippen LogP contribution is 2.29. The molecule has 3 aliphatic heterocycles. The Kier molecular flexibility index (Phi) is 3.74. The van der Waals surface area contributed by atoms with Crippen molar-refractivity contribution in [2.75, 3.05) is 26.7 Å². The molecule has 108 valence electrons. The highest BCUT2D eigenvalue weighted by atomic mass is 35.5. The fourth-order valence-corrected chi connectivity index (χ4v) is 3.63. The molecule has 0 saturated carbocycles. The standard InChI is InChI=1S/C16H21ClN2O/c1-11-7-13(4-6-15(11)17)16(20)19-9-12-3-5-14(19)10-18(2)8-12/h4,6-7,12,14H,3,5,8-10H2,1-2H3/t12-,14+/m1/s1. The maximum Gasteiger partial charge on any atom is 0.254 e. The third-order valence-corrected chi connectivity index (χ3v) is 4.99. The van der Waals surface area contributed by atoms with Crippen LogP contribution in [0.4, 0.5) is 0 Å². The summed E-state index contributed by atoms with van der Waals surface area (Å²) in [7, 11) is 2.16. The number of fused-ring (bicyclic) bond motifs is 4. The van der Waals surface area contributed by atoms with Gasteiger partial charge in [0.15, 0.2) is 0 Å². The fraction of sp³-hybridized carbons (Fsp3) is 0.562. The van der Waals surface area contributed by atoms with Crippen LogP contribution < -0.4 is 0 Å². The van der Waals surface area contributed by atoms with Gasteiger partial charge in [-0.25, -0.2) is 0 Å². The van der Waals surface area contributed by atoms with Gasteiger partial charge in [-0.1, -0.05) is 11.6 Å². The zero-order chi connectivity index (χ0) is 14.3. The number of carbonyl (C=O) groups is 1. The van der Waals surface area contributed by atoms with E-state index in [-0.39, 0.29) is 5.91 Å². The second-order valence-corrected chi connectivity index (χ2v) is 6.65. The average Bonchev–Trinajstić information content (AvgIpc) is 2.69. The first-order chi connectivity index (χ1) is 9.54. The number of carbonyl (C=O) groups excluding carboxylic acids is 1. The smallest absolute Gasteiger partial charge is 0.254 e. The molecule has 2 atom stereocenters. The van der Waals surface area contributed by atoms with E-state index in [4.69, 9.17) is 11.6 Å². The molecule has 0 aliphatic carbocycles. The summed E-state index contributed by atoms with van der Waals surface area (Å²) in [5, 5.41) is 0.721. The Hall–Kier alpha value is -1.06. The molecule has 3 aliphatic rings. The fourth-order valence-electron chi connectivity index (χ4n) is 3.51. The van der Waals surface area contributed by atoms with Gasteiger partial charge >= 0.3 is 0 Å². The van der Waals surface area contributed by atoms with Crippen LogP contribution in [0.2, 0.25) is 5.02 Å². The quantitative estimate of drug-likeness (QED) is 0.795. The predicted octanol–water partition coefficient (Wildman–Crippen LogP) is 2.81. The minimum absolute atomic E-state index is 0.162. The number of benzene rings is 1. The van der Waals surface area contributed by atoms with Crippen LogP contribution in [0.5, 0.6) is 0 Å². The molecule has 1 aromatic rings. The van der Waals surface area contributed by atoms with Crippen LogP contribution in [-0.2, 0) is 0 Å². The third kappa shape index (κ3) is 2.57. The van der Waals surface area contributed by atoms with Crippen molar-refractivity contribution < 1.29 is 4.79 Å². The number of piperidine rings is 1. The van der Waals surface area contributed by atoms with Crippen LogP contribution in [0.1, 0.15) is 28.8 Å². The first-order valence-corrected chi connectivity index (χ1v) is 7.68. The molecule has 20 heavy (non-hydrogen) atoms. The molecule has 3 nitrogen and oxygen atoms in total. The molecule has 3 fully saturated rings. The number of likely N-dealkylation sites (N-methyl/N-ethyl adjacent to an activating group) is 1. The highest BCUT2D eigenvalue weighted by Gasteiger charge is 2.36. The van der Waals surface area contributed by atoms with Gasteiger partial charge in [0.25, 0.3) is 5.91 Å². The van der Waals surface area contributed by atoms with Crippen molar-refractivity contribution in [1.29, 1.82) is 0 Å². The highest BCUT2D eigenvalue weighted by molar-refractivity contribution is 6.31. The zero-order valence-corrected chi connectivity index (χ0v) is 12.9. The molecule has 0 aromatic heterocycles. The van der Waals surface area contributed by atoms with Gasteiger partial charge in [0.05, 0.1) is 0 Å². The minimum atomic E-state index is 0.162. The van der Waals surface area contributed by atoms with Crippen molar-refractivity contribution in [2.45, 2.75) is 25.8 Å². The number of amides is 1. The maximum absolute atomic E-state index is 12.8. The normalized spacial score (nSPS) is 26.6. The van der Waals surface area contributed by atoms with Crippen molar-refractivity contribution in [2.24, 2.45) is 5.92 Å². The van der Waals surface area contributed by atoms with E-state index in [0.29, 0.717) is 12.0 Å². The summed E-state index contributed by atoms with van der Waals surface area (Å²) in [6.45, 7) is 4.95. The molecule has 3 heterocycles. The molecule has 0 N–H and O–H groups in total. The summed E-state index contributed by atoms with van der Waals surface area (Å²) in [6, 6.07) is 5.95. The lowest BCUT2D eigenvalue weighted by Gasteiger charge is -2.36. The van der Waals surface area contributed by atoms with E-state index in [1.807, 2.05) is 25.1 Å². The lowest BCUT2D eigenvalue weighted by atomic mass is 9.94. The SMILES string of the molecule is Cc1cc(C(=O)N2C[C@@H]3CC[C@H]2CN(C)C3)ccc1Cl. The van der Waals surface area contributed by atoms with Gasteiger partial charge in [-0.2, -0.15) is 0 Å². The van der Waals surface area contributed by atoms with Crippen LogP contribution in [0.25, 0.3) is 0 Å². The summed E-state index contributed by atoms with van der Waals surface area (Å²) in [6.07, 6.45) is 2.38. The Bertz CT molecular complexity index is 531. The average molecular weight is 293 g/mol. The maximum atomic E-state index is 12.8. The van der Waals surface area contributed by atoms with Crippen molar-refractivity contribution >= 4 is 17.5 Å². The second-order valence-electron chi connectivity index (χ2n) is 6.24. The molecule has 3 saturated heterocycles. The predicted molar refractivity (Wildman–Crippen MR) is 81.2 cm³/mol. The Labute approximate surface area is 125 Å². The van der Waals surface area contributed by atoms with Gasteiger partial charge in [0.1, 0.15) is 0 Å². The first-order valence-electron chi connectivity index (χ1n) is 7.30. The summed E-state index contributed by atoms with van der Waals surface area (Å²) in [5.74, 6) is 0.783. The van der Waals surface area contributed by atoms with Crippen molar-refractivity contribution in [3.05, 3.63) is 34.3 Å². The van der Waals surface area contributed by atoms with Crippen LogP contribution >= 0.6 is 11.6 Å².